The Morgan fingerprint density at radius 3 is 2.88 bits per heavy atom. The van der Waals surface area contributed by atoms with Gasteiger partial charge < -0.3 is 10.1 Å². The number of hydrogen-bond acceptors (Lipinski definition) is 3. The topological polar surface area (TPSA) is 38.3 Å². The van der Waals surface area contributed by atoms with Crippen LogP contribution < -0.4 is 5.32 Å². The Morgan fingerprint density at radius 1 is 1.47 bits per heavy atom. The van der Waals surface area contributed by atoms with Gasteiger partial charge in [0.2, 0.25) is 0 Å². The highest BCUT2D eigenvalue weighted by atomic mass is 16.5. The molecule has 3 heteroatoms. The van der Waals surface area contributed by atoms with E-state index >= 15 is 0 Å². The number of carbonyl (C=O) groups excluding carboxylic acids is 1. The van der Waals surface area contributed by atoms with Crippen molar-refractivity contribution in [2.75, 3.05) is 19.8 Å². The normalized spacial score (nSPS) is 22.4. The molecule has 2 atom stereocenters. The second-order valence-electron chi connectivity index (χ2n) is 5.09. The molecule has 1 rings (SSSR count). The minimum atomic E-state index is 0.250. The second-order valence-corrected chi connectivity index (χ2v) is 5.09. The van der Waals surface area contributed by atoms with Crippen LogP contribution in [-0.2, 0) is 9.53 Å². The van der Waals surface area contributed by atoms with Gasteiger partial charge in [0.1, 0.15) is 5.78 Å². The third kappa shape index (κ3) is 6.18. The molecule has 3 nitrogen and oxygen atoms in total. The lowest BCUT2D eigenvalue weighted by atomic mass is 9.92. The summed E-state index contributed by atoms with van der Waals surface area (Å²) >= 11 is 0. The Bertz CT molecular complexity index is 212. The van der Waals surface area contributed by atoms with Crippen molar-refractivity contribution < 1.29 is 9.53 Å². The van der Waals surface area contributed by atoms with Crippen molar-refractivity contribution in [3.05, 3.63) is 0 Å². The molecule has 1 aliphatic heterocycles. The molecule has 1 heterocycles. The Labute approximate surface area is 105 Å². The molecule has 1 fully saturated rings. The van der Waals surface area contributed by atoms with Crippen LogP contribution in [0.1, 0.15) is 52.4 Å². The van der Waals surface area contributed by atoms with Crippen LogP contribution in [0.3, 0.4) is 0 Å². The van der Waals surface area contributed by atoms with Gasteiger partial charge in [-0.1, -0.05) is 39.5 Å². The van der Waals surface area contributed by atoms with Crippen LogP contribution >= 0.6 is 0 Å². The summed E-state index contributed by atoms with van der Waals surface area (Å²) in [6, 6.07) is 0.250. The van der Waals surface area contributed by atoms with E-state index in [2.05, 4.69) is 19.2 Å². The molecular formula is C14H27NO2. The van der Waals surface area contributed by atoms with Crippen LogP contribution in [0.4, 0.5) is 0 Å². The Morgan fingerprint density at radius 2 is 2.29 bits per heavy atom. The van der Waals surface area contributed by atoms with Crippen molar-refractivity contribution in [1.29, 1.82) is 0 Å². The van der Waals surface area contributed by atoms with E-state index in [1.807, 2.05) is 0 Å². The third-order valence-electron chi connectivity index (χ3n) is 3.53. The average Bonchev–Trinajstić information content (AvgIpc) is 2.35. The number of rotatable bonds is 8. The molecular weight excluding hydrogens is 214 g/mol. The van der Waals surface area contributed by atoms with Crippen molar-refractivity contribution in [2.45, 2.75) is 58.4 Å². The average molecular weight is 241 g/mol. The minimum absolute atomic E-state index is 0.250. The molecule has 1 saturated heterocycles. The molecule has 0 aromatic carbocycles. The van der Waals surface area contributed by atoms with Crippen molar-refractivity contribution in [3.8, 4) is 0 Å². The zero-order valence-electron chi connectivity index (χ0n) is 11.3. The number of unbranched alkanes of at least 4 members (excludes halogenated alkanes) is 1. The summed E-state index contributed by atoms with van der Waals surface area (Å²) < 4.78 is 5.36. The smallest absolute Gasteiger partial charge is 0.134 e. The van der Waals surface area contributed by atoms with Gasteiger partial charge in [-0.05, 0) is 5.92 Å². The van der Waals surface area contributed by atoms with Gasteiger partial charge in [0.25, 0.3) is 0 Å². The standard InChI is InChI=1S/C14H27NO2/c1-3-5-6-12(4-2)9-14(16)10-13-11-17-8-7-15-13/h12-13,15H,3-11H2,1-2H3. The highest BCUT2D eigenvalue weighted by molar-refractivity contribution is 5.79. The third-order valence-corrected chi connectivity index (χ3v) is 3.53. The van der Waals surface area contributed by atoms with Crippen molar-refractivity contribution >= 4 is 5.78 Å². The summed E-state index contributed by atoms with van der Waals surface area (Å²) in [6.45, 7) is 6.74. The monoisotopic (exact) mass is 241 g/mol. The van der Waals surface area contributed by atoms with Gasteiger partial charge in [-0.3, -0.25) is 4.79 Å². The number of ether oxygens (including phenoxy) is 1. The van der Waals surface area contributed by atoms with E-state index in [-0.39, 0.29) is 6.04 Å². The summed E-state index contributed by atoms with van der Waals surface area (Å²) in [5, 5.41) is 3.34. The van der Waals surface area contributed by atoms with Gasteiger partial charge >= 0.3 is 0 Å². The van der Waals surface area contributed by atoms with Crippen LogP contribution in [0, 0.1) is 5.92 Å². The molecule has 0 saturated carbocycles. The molecule has 0 spiro atoms. The quantitative estimate of drug-likeness (QED) is 0.709. The van der Waals surface area contributed by atoms with Gasteiger partial charge in [-0.25, -0.2) is 0 Å². The highest BCUT2D eigenvalue weighted by Gasteiger charge is 2.19. The van der Waals surface area contributed by atoms with E-state index in [0.717, 1.165) is 26.0 Å². The van der Waals surface area contributed by atoms with E-state index in [4.69, 9.17) is 4.74 Å². The Balaban J connectivity index is 2.21. The van der Waals surface area contributed by atoms with E-state index in [1.54, 1.807) is 0 Å². The summed E-state index contributed by atoms with van der Waals surface area (Å²) in [7, 11) is 0. The first-order valence-electron chi connectivity index (χ1n) is 7.09. The fourth-order valence-corrected chi connectivity index (χ4v) is 2.37. The fourth-order valence-electron chi connectivity index (χ4n) is 2.37. The fraction of sp³-hybridized carbons (Fsp3) is 0.929. The summed E-state index contributed by atoms with van der Waals surface area (Å²) in [5.74, 6) is 0.989. The van der Waals surface area contributed by atoms with Gasteiger partial charge in [-0.15, -0.1) is 0 Å². The maximum absolute atomic E-state index is 11.9. The molecule has 1 N–H and O–H groups in total. The predicted molar refractivity (Wildman–Crippen MR) is 70.2 cm³/mol. The lowest BCUT2D eigenvalue weighted by molar-refractivity contribution is -0.121. The molecule has 1 aliphatic rings. The maximum atomic E-state index is 11.9. The van der Waals surface area contributed by atoms with Crippen molar-refractivity contribution in [3.63, 3.8) is 0 Å². The summed E-state index contributed by atoms with van der Waals surface area (Å²) in [5.41, 5.74) is 0. The van der Waals surface area contributed by atoms with E-state index in [0.29, 0.717) is 24.7 Å². The number of carbonyl (C=O) groups is 1. The van der Waals surface area contributed by atoms with Crippen molar-refractivity contribution in [1.82, 2.24) is 5.32 Å². The van der Waals surface area contributed by atoms with Gasteiger partial charge in [0.15, 0.2) is 0 Å². The number of morpholine rings is 1. The molecule has 100 valence electrons. The number of hydrogen-bond donors (Lipinski definition) is 1. The van der Waals surface area contributed by atoms with E-state index in [1.165, 1.54) is 19.3 Å². The molecule has 0 aromatic rings. The molecule has 0 bridgehead atoms. The SMILES string of the molecule is CCCCC(CC)CC(=O)CC1COCCN1. The largest absolute Gasteiger partial charge is 0.379 e. The minimum Gasteiger partial charge on any atom is -0.379 e. The molecule has 2 unspecified atom stereocenters. The Hall–Kier alpha value is -0.410. The first-order valence-corrected chi connectivity index (χ1v) is 7.09. The van der Waals surface area contributed by atoms with Crippen LogP contribution in [0.2, 0.25) is 0 Å². The maximum Gasteiger partial charge on any atom is 0.134 e. The number of ketones is 1. The first kappa shape index (κ1) is 14.7. The zero-order valence-corrected chi connectivity index (χ0v) is 11.3. The lowest BCUT2D eigenvalue weighted by Gasteiger charge is -2.23. The second kappa shape index (κ2) is 8.65. The molecule has 17 heavy (non-hydrogen) atoms. The van der Waals surface area contributed by atoms with Gasteiger partial charge in [-0.2, -0.15) is 0 Å². The Kier molecular flexibility index (Phi) is 7.45. The first-order chi connectivity index (χ1) is 8.26. The molecule has 0 amide bonds. The van der Waals surface area contributed by atoms with E-state index < -0.39 is 0 Å². The van der Waals surface area contributed by atoms with Crippen LogP contribution in [0.15, 0.2) is 0 Å². The van der Waals surface area contributed by atoms with Crippen LogP contribution in [0.5, 0.6) is 0 Å². The molecule has 0 radical (unpaired) electrons. The molecule has 0 aliphatic carbocycles. The molecule has 0 aromatic heterocycles. The lowest BCUT2D eigenvalue weighted by Crippen LogP contribution is -2.42. The number of Topliss-reactive ketones (excluding diaryl/α,β-unsaturated/α-hetero) is 1. The summed E-state index contributed by atoms with van der Waals surface area (Å²) in [4.78, 5) is 11.9. The van der Waals surface area contributed by atoms with Gasteiger partial charge in [0.05, 0.1) is 13.2 Å². The van der Waals surface area contributed by atoms with Crippen molar-refractivity contribution in [2.24, 2.45) is 5.92 Å². The number of nitrogens with one attached hydrogen (secondary N) is 1. The van der Waals surface area contributed by atoms with Crippen LogP contribution in [0.25, 0.3) is 0 Å². The predicted octanol–water partition coefficient (Wildman–Crippen LogP) is 2.54. The van der Waals surface area contributed by atoms with E-state index in [9.17, 15) is 4.79 Å². The van der Waals surface area contributed by atoms with Gasteiger partial charge in [0, 0.05) is 25.4 Å². The zero-order chi connectivity index (χ0) is 12.5. The summed E-state index contributed by atoms with van der Waals surface area (Å²) in [6.07, 6.45) is 6.20. The van der Waals surface area contributed by atoms with Crippen LogP contribution in [-0.4, -0.2) is 31.6 Å². The highest BCUT2D eigenvalue weighted by Crippen LogP contribution is 2.18.